The molecule has 0 aliphatic rings. The van der Waals surface area contributed by atoms with Crippen molar-refractivity contribution in [3.8, 4) is 0 Å². The van der Waals surface area contributed by atoms with E-state index in [1.54, 1.807) is 6.07 Å². The molecule has 9 nitrogen and oxygen atoms in total. The van der Waals surface area contributed by atoms with Crippen LogP contribution in [0.15, 0.2) is 47.6 Å². The normalized spacial score (nSPS) is 11.4. The van der Waals surface area contributed by atoms with Crippen LogP contribution in [0.4, 0.5) is 11.4 Å². The Morgan fingerprint density at radius 1 is 1.25 bits per heavy atom. The van der Waals surface area contributed by atoms with Crippen molar-refractivity contribution in [3.05, 3.63) is 68.2 Å². The summed E-state index contributed by atoms with van der Waals surface area (Å²) in [6, 6.07) is 10.2. The molecule has 0 spiro atoms. The molecule has 0 aromatic heterocycles. The van der Waals surface area contributed by atoms with Gasteiger partial charge in [0.05, 0.1) is 38.7 Å². The molecule has 2 aromatic rings. The van der Waals surface area contributed by atoms with Crippen LogP contribution in [0.25, 0.3) is 0 Å². The van der Waals surface area contributed by atoms with Crippen LogP contribution in [-0.4, -0.2) is 38.3 Å². The number of halogens is 2. The van der Waals surface area contributed by atoms with Crippen molar-refractivity contribution >= 4 is 56.7 Å². The molecule has 0 bridgehead atoms. The largest absolute Gasteiger partial charge is 0.278 e. The number of nitrogens with one attached hydrogen (secondary N) is 1. The quantitative estimate of drug-likeness (QED) is 0.399. The summed E-state index contributed by atoms with van der Waals surface area (Å²) in [6.45, 7) is -0.618. The monoisotopic (exact) mass is 444 g/mol. The summed E-state index contributed by atoms with van der Waals surface area (Å²) < 4.78 is 24.9. The molecule has 0 fully saturated rings. The van der Waals surface area contributed by atoms with Gasteiger partial charge in [-0.15, -0.1) is 0 Å². The van der Waals surface area contributed by atoms with Gasteiger partial charge in [-0.1, -0.05) is 41.4 Å². The highest BCUT2D eigenvalue weighted by Crippen LogP contribution is 2.33. The Kier molecular flexibility index (Phi) is 6.95. The molecule has 0 radical (unpaired) electrons. The number of carbonyl (C=O) groups is 1. The van der Waals surface area contributed by atoms with E-state index in [-0.39, 0.29) is 27.0 Å². The zero-order valence-corrected chi connectivity index (χ0v) is 16.7. The van der Waals surface area contributed by atoms with Crippen molar-refractivity contribution in [2.24, 2.45) is 5.10 Å². The van der Waals surface area contributed by atoms with Crippen LogP contribution >= 0.6 is 23.2 Å². The fourth-order valence-electron chi connectivity index (χ4n) is 2.17. The fourth-order valence-corrected chi connectivity index (χ4v) is 3.48. The highest BCUT2D eigenvalue weighted by Gasteiger charge is 2.23. The lowest BCUT2D eigenvalue weighted by atomic mass is 10.2. The van der Waals surface area contributed by atoms with E-state index in [4.69, 9.17) is 23.2 Å². The number of sulfonamides is 1. The number of carbonyl (C=O) groups excluding carboxylic acids is 1. The number of hydrogen-bond donors (Lipinski definition) is 1. The van der Waals surface area contributed by atoms with E-state index < -0.39 is 27.4 Å². The molecule has 0 aliphatic carbocycles. The molecule has 0 heterocycles. The van der Waals surface area contributed by atoms with E-state index in [9.17, 15) is 23.3 Å². The minimum Gasteiger partial charge on any atom is -0.271 e. The smallest absolute Gasteiger partial charge is 0.271 e. The van der Waals surface area contributed by atoms with Crippen LogP contribution in [0.2, 0.25) is 10.0 Å². The number of nitro groups is 1. The Labute approximate surface area is 170 Å². The summed E-state index contributed by atoms with van der Waals surface area (Å²) in [4.78, 5) is 22.5. The van der Waals surface area contributed by atoms with Crippen molar-refractivity contribution in [2.75, 3.05) is 17.1 Å². The molecule has 1 amide bonds. The Morgan fingerprint density at radius 3 is 2.57 bits per heavy atom. The van der Waals surface area contributed by atoms with Crippen molar-refractivity contribution in [2.45, 2.75) is 0 Å². The second-order valence-electron chi connectivity index (χ2n) is 5.45. The maximum absolute atomic E-state index is 12.1. The molecular weight excluding hydrogens is 431 g/mol. The Morgan fingerprint density at radius 2 is 1.93 bits per heavy atom. The van der Waals surface area contributed by atoms with Gasteiger partial charge in [-0.2, -0.15) is 5.10 Å². The van der Waals surface area contributed by atoms with Gasteiger partial charge in [0, 0.05) is 6.07 Å². The van der Waals surface area contributed by atoms with Gasteiger partial charge in [0.2, 0.25) is 10.0 Å². The van der Waals surface area contributed by atoms with E-state index in [0.29, 0.717) is 0 Å². The Hall–Kier alpha value is -2.69. The topological polar surface area (TPSA) is 122 Å². The SMILES string of the molecule is CS(=O)(=O)N(CC(=O)N/N=C\c1ccccc1[N+](=O)[O-])c1cccc(Cl)c1Cl. The van der Waals surface area contributed by atoms with Crippen LogP contribution in [0.5, 0.6) is 0 Å². The van der Waals surface area contributed by atoms with Crippen LogP contribution in [-0.2, 0) is 14.8 Å². The first-order valence-corrected chi connectivity index (χ1v) is 10.2. The summed E-state index contributed by atoms with van der Waals surface area (Å²) in [5.74, 6) is -0.781. The second-order valence-corrected chi connectivity index (χ2v) is 8.14. The number of amides is 1. The molecule has 0 saturated heterocycles. The maximum Gasteiger partial charge on any atom is 0.278 e. The number of hydrogen-bond acceptors (Lipinski definition) is 6. The van der Waals surface area contributed by atoms with Gasteiger partial charge in [0.15, 0.2) is 0 Å². The number of rotatable bonds is 7. The first kappa shape index (κ1) is 21.6. The maximum atomic E-state index is 12.1. The summed E-state index contributed by atoms with van der Waals surface area (Å²) in [6.07, 6.45) is 2.00. The Bertz CT molecular complexity index is 1040. The summed E-state index contributed by atoms with van der Waals surface area (Å²) in [5.41, 5.74) is 2.15. The van der Waals surface area contributed by atoms with Gasteiger partial charge >= 0.3 is 0 Å². The predicted molar refractivity (Wildman–Crippen MR) is 107 cm³/mol. The molecule has 0 unspecified atom stereocenters. The number of nitro benzene ring substituents is 1. The zero-order valence-electron chi connectivity index (χ0n) is 14.4. The lowest BCUT2D eigenvalue weighted by Gasteiger charge is -2.22. The van der Waals surface area contributed by atoms with E-state index >= 15 is 0 Å². The van der Waals surface area contributed by atoms with Gasteiger partial charge in [-0.25, -0.2) is 13.8 Å². The second kappa shape index (κ2) is 9.00. The third-order valence-electron chi connectivity index (χ3n) is 3.41. The number of hydrazone groups is 1. The van der Waals surface area contributed by atoms with Crippen molar-refractivity contribution in [3.63, 3.8) is 0 Å². The van der Waals surface area contributed by atoms with E-state index in [1.807, 2.05) is 0 Å². The molecular formula is C16H14Cl2N4O5S. The summed E-state index contributed by atoms with van der Waals surface area (Å²) >= 11 is 11.9. The van der Waals surface area contributed by atoms with Gasteiger partial charge in [0.1, 0.15) is 6.54 Å². The molecule has 148 valence electrons. The molecule has 0 atom stereocenters. The van der Waals surface area contributed by atoms with E-state index in [0.717, 1.165) is 16.8 Å². The summed E-state index contributed by atoms with van der Waals surface area (Å²) in [5, 5.41) is 14.7. The molecule has 2 rings (SSSR count). The first-order chi connectivity index (χ1) is 13.1. The molecule has 1 N–H and O–H groups in total. The van der Waals surface area contributed by atoms with Gasteiger partial charge in [-0.05, 0) is 18.2 Å². The predicted octanol–water partition coefficient (Wildman–Crippen LogP) is 2.82. The highest BCUT2D eigenvalue weighted by atomic mass is 35.5. The lowest BCUT2D eigenvalue weighted by Crippen LogP contribution is -2.39. The van der Waals surface area contributed by atoms with Crippen molar-refractivity contribution in [1.82, 2.24) is 5.43 Å². The Balaban J connectivity index is 2.18. The van der Waals surface area contributed by atoms with Crippen molar-refractivity contribution in [1.29, 1.82) is 0 Å². The molecule has 2 aromatic carbocycles. The standard InChI is InChI=1S/C16H14Cl2N4O5S/c1-28(26,27)21(14-8-4-6-12(17)16(14)18)10-15(23)20-19-9-11-5-2-3-7-13(11)22(24)25/h2-9H,10H2,1H3,(H,20,23)/b19-9-. The molecule has 28 heavy (non-hydrogen) atoms. The molecule has 0 saturated carbocycles. The third-order valence-corrected chi connectivity index (χ3v) is 5.35. The lowest BCUT2D eigenvalue weighted by molar-refractivity contribution is -0.385. The number of para-hydroxylation sites is 1. The zero-order chi connectivity index (χ0) is 20.9. The molecule has 12 heteroatoms. The number of nitrogens with zero attached hydrogens (tertiary/aromatic N) is 3. The van der Waals surface area contributed by atoms with Crippen LogP contribution in [0, 0.1) is 10.1 Å². The van der Waals surface area contributed by atoms with Crippen LogP contribution < -0.4 is 9.73 Å². The van der Waals surface area contributed by atoms with Crippen molar-refractivity contribution < 1.29 is 18.1 Å². The van der Waals surface area contributed by atoms with Crippen LogP contribution in [0.1, 0.15) is 5.56 Å². The minimum absolute atomic E-state index is 0.0224. The average Bonchev–Trinajstić information content (AvgIpc) is 2.62. The van der Waals surface area contributed by atoms with Crippen LogP contribution in [0.3, 0.4) is 0 Å². The summed E-state index contributed by atoms with van der Waals surface area (Å²) in [7, 11) is -3.86. The third kappa shape index (κ3) is 5.41. The molecule has 0 aliphatic heterocycles. The minimum atomic E-state index is -3.86. The average molecular weight is 445 g/mol. The number of anilines is 1. The number of benzene rings is 2. The van der Waals surface area contributed by atoms with Gasteiger partial charge in [0.25, 0.3) is 11.6 Å². The highest BCUT2D eigenvalue weighted by molar-refractivity contribution is 7.92. The van der Waals surface area contributed by atoms with Gasteiger partial charge in [-0.3, -0.25) is 19.2 Å². The van der Waals surface area contributed by atoms with E-state index in [1.165, 1.54) is 36.4 Å². The first-order valence-electron chi connectivity index (χ1n) is 7.58. The van der Waals surface area contributed by atoms with Gasteiger partial charge < -0.3 is 0 Å². The fraction of sp³-hybridized carbons (Fsp3) is 0.125. The van der Waals surface area contributed by atoms with E-state index in [2.05, 4.69) is 10.5 Å².